The molecule has 0 bridgehead atoms. The highest BCUT2D eigenvalue weighted by Gasteiger charge is 2.24. The molecule has 0 N–H and O–H groups in total. The smallest absolute Gasteiger partial charge is 0.225 e. The summed E-state index contributed by atoms with van der Waals surface area (Å²) in [7, 11) is -3.24. The van der Waals surface area contributed by atoms with Crippen molar-refractivity contribution in [1.82, 2.24) is 4.98 Å². The Bertz CT molecular complexity index is 1050. The molecule has 0 fully saturated rings. The van der Waals surface area contributed by atoms with E-state index in [0.717, 1.165) is 22.4 Å². The van der Waals surface area contributed by atoms with Gasteiger partial charge in [-0.3, -0.25) is 0 Å². The van der Waals surface area contributed by atoms with Gasteiger partial charge < -0.3 is 9.15 Å². The van der Waals surface area contributed by atoms with E-state index in [0.29, 0.717) is 18.1 Å². The van der Waals surface area contributed by atoms with Gasteiger partial charge in [-0.15, -0.1) is 0 Å². The number of allylic oxidation sites excluding steroid dienone is 1. The Balaban J connectivity index is 1.84. The van der Waals surface area contributed by atoms with Gasteiger partial charge in [0.05, 0.1) is 16.7 Å². The molecule has 0 saturated carbocycles. The summed E-state index contributed by atoms with van der Waals surface area (Å²) < 4.78 is 34.9. The van der Waals surface area contributed by atoms with E-state index in [9.17, 15) is 8.42 Å². The Morgan fingerprint density at radius 1 is 1.04 bits per heavy atom. The predicted octanol–water partition coefficient (Wildman–Crippen LogP) is 3.58. The highest BCUT2D eigenvalue weighted by Crippen LogP contribution is 2.38. The lowest BCUT2D eigenvalue weighted by molar-refractivity contribution is 0.491. The summed E-state index contributed by atoms with van der Waals surface area (Å²) in [6, 6.07) is 14.4. The number of benzene rings is 2. The van der Waals surface area contributed by atoms with Gasteiger partial charge in [0, 0.05) is 18.2 Å². The van der Waals surface area contributed by atoms with Crippen LogP contribution in [-0.4, -0.2) is 19.7 Å². The molecule has 0 atom stereocenters. The van der Waals surface area contributed by atoms with Gasteiger partial charge in [0.1, 0.15) is 17.8 Å². The summed E-state index contributed by atoms with van der Waals surface area (Å²) in [6.07, 6.45) is 4.92. The average molecular weight is 353 g/mol. The number of ether oxygens (including phenoxy) is 1. The molecular weight excluding hydrogens is 338 g/mol. The Kier molecular flexibility index (Phi) is 3.69. The van der Waals surface area contributed by atoms with Crippen LogP contribution in [0.25, 0.3) is 11.3 Å². The third-order valence-electron chi connectivity index (χ3n) is 4.06. The summed E-state index contributed by atoms with van der Waals surface area (Å²) >= 11 is 0. The number of sulfone groups is 1. The van der Waals surface area contributed by atoms with Gasteiger partial charge in [-0.1, -0.05) is 18.2 Å². The molecule has 3 aromatic rings. The first-order valence-electron chi connectivity index (χ1n) is 7.71. The van der Waals surface area contributed by atoms with E-state index < -0.39 is 9.84 Å². The molecule has 0 spiro atoms. The second kappa shape index (κ2) is 5.89. The van der Waals surface area contributed by atoms with E-state index in [1.54, 1.807) is 30.5 Å². The fourth-order valence-electron chi connectivity index (χ4n) is 2.82. The normalized spacial score (nSPS) is 14.1. The van der Waals surface area contributed by atoms with Crippen LogP contribution in [-0.2, 0) is 16.3 Å². The van der Waals surface area contributed by atoms with Crippen molar-refractivity contribution in [3.63, 3.8) is 0 Å². The molecule has 5 nitrogen and oxygen atoms in total. The molecule has 4 rings (SSSR count). The number of para-hydroxylation sites is 1. The zero-order valence-electron chi connectivity index (χ0n) is 13.5. The Morgan fingerprint density at radius 3 is 2.48 bits per heavy atom. The second-order valence-electron chi connectivity index (χ2n) is 5.83. The standard InChI is InChI=1S/C19H15NO4S/c1-25(21,22)15-8-6-13(7-9-15)18-16(19-20-10-11-23-19)12-14-4-2-3-5-17(14)24-18/h2-11H,12H2,1H3. The van der Waals surface area contributed by atoms with Crippen molar-refractivity contribution < 1.29 is 17.6 Å². The van der Waals surface area contributed by atoms with E-state index in [-0.39, 0.29) is 4.90 Å². The largest absolute Gasteiger partial charge is 0.456 e. The molecule has 2 heterocycles. The maximum atomic E-state index is 11.7. The van der Waals surface area contributed by atoms with E-state index in [4.69, 9.17) is 9.15 Å². The molecule has 0 radical (unpaired) electrons. The van der Waals surface area contributed by atoms with Gasteiger partial charge in [0.2, 0.25) is 5.89 Å². The average Bonchev–Trinajstić information content (AvgIpc) is 3.14. The lowest BCUT2D eigenvalue weighted by Crippen LogP contribution is -2.09. The number of oxazole rings is 1. The van der Waals surface area contributed by atoms with Crippen molar-refractivity contribution in [2.24, 2.45) is 0 Å². The van der Waals surface area contributed by atoms with Gasteiger partial charge in [-0.05, 0) is 35.9 Å². The van der Waals surface area contributed by atoms with Crippen LogP contribution >= 0.6 is 0 Å². The molecule has 6 heteroatoms. The zero-order valence-corrected chi connectivity index (χ0v) is 14.3. The lowest BCUT2D eigenvalue weighted by Gasteiger charge is -2.22. The van der Waals surface area contributed by atoms with Crippen LogP contribution in [0.1, 0.15) is 17.0 Å². The van der Waals surface area contributed by atoms with E-state index in [1.807, 2.05) is 24.3 Å². The quantitative estimate of drug-likeness (QED) is 0.720. The first-order chi connectivity index (χ1) is 12.0. The van der Waals surface area contributed by atoms with E-state index in [2.05, 4.69) is 4.98 Å². The third-order valence-corrected chi connectivity index (χ3v) is 5.19. The highest BCUT2D eigenvalue weighted by atomic mass is 32.2. The molecular formula is C19H15NO4S. The maximum Gasteiger partial charge on any atom is 0.225 e. The van der Waals surface area contributed by atoms with Crippen LogP contribution in [0.3, 0.4) is 0 Å². The first kappa shape index (κ1) is 15.7. The number of rotatable bonds is 3. The van der Waals surface area contributed by atoms with Gasteiger partial charge in [-0.25, -0.2) is 13.4 Å². The third kappa shape index (κ3) is 2.96. The lowest BCUT2D eigenvalue weighted by atomic mass is 9.97. The predicted molar refractivity (Wildman–Crippen MR) is 93.6 cm³/mol. The molecule has 0 aliphatic carbocycles. The van der Waals surface area contributed by atoms with Crippen LogP contribution < -0.4 is 4.74 Å². The minimum Gasteiger partial charge on any atom is -0.456 e. The van der Waals surface area contributed by atoms with Gasteiger partial charge in [0.15, 0.2) is 9.84 Å². The van der Waals surface area contributed by atoms with Crippen molar-refractivity contribution >= 4 is 21.2 Å². The fraction of sp³-hybridized carbons (Fsp3) is 0.105. The summed E-state index contributed by atoms with van der Waals surface area (Å²) in [5, 5.41) is 0. The summed E-state index contributed by atoms with van der Waals surface area (Å²) in [6.45, 7) is 0. The number of aromatic nitrogens is 1. The van der Waals surface area contributed by atoms with Crippen LogP contribution in [0.15, 0.2) is 70.3 Å². The van der Waals surface area contributed by atoms with Gasteiger partial charge >= 0.3 is 0 Å². The molecule has 0 saturated heterocycles. The van der Waals surface area contributed by atoms with Crippen molar-refractivity contribution in [3.05, 3.63) is 78.0 Å². The molecule has 1 aromatic heterocycles. The number of hydrogen-bond donors (Lipinski definition) is 0. The fourth-order valence-corrected chi connectivity index (χ4v) is 3.45. The van der Waals surface area contributed by atoms with Gasteiger partial charge in [-0.2, -0.15) is 0 Å². The SMILES string of the molecule is CS(=O)(=O)c1ccc(C2=C(c3ncco3)Cc3ccccc3O2)cc1. The molecule has 0 amide bonds. The molecule has 0 unspecified atom stereocenters. The summed E-state index contributed by atoms with van der Waals surface area (Å²) in [5.41, 5.74) is 2.65. The number of hydrogen-bond acceptors (Lipinski definition) is 5. The van der Waals surface area contributed by atoms with E-state index >= 15 is 0 Å². The summed E-state index contributed by atoms with van der Waals surface area (Å²) in [4.78, 5) is 4.51. The van der Waals surface area contributed by atoms with Crippen LogP contribution in [0.4, 0.5) is 0 Å². The topological polar surface area (TPSA) is 69.4 Å². The zero-order chi connectivity index (χ0) is 17.4. The van der Waals surface area contributed by atoms with Crippen LogP contribution in [0, 0.1) is 0 Å². The molecule has 25 heavy (non-hydrogen) atoms. The molecule has 126 valence electrons. The summed E-state index contributed by atoms with van der Waals surface area (Å²) in [5.74, 6) is 1.90. The molecule has 1 aliphatic rings. The molecule has 1 aliphatic heterocycles. The highest BCUT2D eigenvalue weighted by molar-refractivity contribution is 7.90. The Morgan fingerprint density at radius 2 is 1.80 bits per heavy atom. The minimum atomic E-state index is -3.24. The number of nitrogens with zero attached hydrogens (tertiary/aromatic N) is 1. The van der Waals surface area contributed by atoms with Gasteiger partial charge in [0.25, 0.3) is 0 Å². The first-order valence-corrected chi connectivity index (χ1v) is 9.61. The number of fused-ring (bicyclic) bond motifs is 1. The van der Waals surface area contributed by atoms with Crippen LogP contribution in [0.5, 0.6) is 5.75 Å². The molecule has 2 aromatic carbocycles. The Hall–Kier alpha value is -2.86. The second-order valence-corrected chi connectivity index (χ2v) is 7.84. The van der Waals surface area contributed by atoms with Crippen molar-refractivity contribution in [2.45, 2.75) is 11.3 Å². The minimum absolute atomic E-state index is 0.269. The van der Waals surface area contributed by atoms with Crippen molar-refractivity contribution in [1.29, 1.82) is 0 Å². The monoisotopic (exact) mass is 353 g/mol. The van der Waals surface area contributed by atoms with Crippen molar-refractivity contribution in [2.75, 3.05) is 6.26 Å². The van der Waals surface area contributed by atoms with E-state index in [1.165, 1.54) is 12.5 Å². The maximum absolute atomic E-state index is 11.7. The Labute approximate surface area is 145 Å². The van der Waals surface area contributed by atoms with Crippen LogP contribution in [0.2, 0.25) is 0 Å². The van der Waals surface area contributed by atoms with Crippen molar-refractivity contribution in [3.8, 4) is 5.75 Å².